The van der Waals surface area contributed by atoms with Crippen molar-refractivity contribution in [3.63, 3.8) is 0 Å². The molecular weight excluding hydrogens is 216 g/mol. The van der Waals surface area contributed by atoms with Crippen LogP contribution < -0.4 is 5.32 Å². The molecule has 1 aromatic rings. The van der Waals surface area contributed by atoms with Crippen LogP contribution in [-0.4, -0.2) is 11.5 Å². The van der Waals surface area contributed by atoms with E-state index in [1.165, 1.54) is 25.7 Å². The monoisotopic (exact) mass is 234 g/mol. The molecule has 1 aliphatic rings. The Morgan fingerprint density at radius 1 is 1.47 bits per heavy atom. The van der Waals surface area contributed by atoms with E-state index in [-0.39, 0.29) is 10.6 Å². The molecule has 2 rings (SSSR count). The molecule has 0 unspecified atom stereocenters. The highest BCUT2D eigenvalue weighted by Crippen LogP contribution is 2.33. The van der Waals surface area contributed by atoms with E-state index < -0.39 is 0 Å². The maximum atomic E-state index is 10.6. The van der Waals surface area contributed by atoms with Gasteiger partial charge in [0.05, 0.1) is 4.92 Å². The Kier molecular flexibility index (Phi) is 3.61. The lowest BCUT2D eigenvalue weighted by Crippen LogP contribution is -2.03. The minimum absolute atomic E-state index is 0.158. The summed E-state index contributed by atoms with van der Waals surface area (Å²) in [5.41, 5.74) is 2.10. The maximum Gasteiger partial charge on any atom is 0.269 e. The highest BCUT2D eigenvalue weighted by atomic mass is 16.6. The van der Waals surface area contributed by atoms with E-state index >= 15 is 0 Å². The molecule has 1 fully saturated rings. The zero-order chi connectivity index (χ0) is 12.3. The van der Waals surface area contributed by atoms with E-state index in [0.29, 0.717) is 0 Å². The zero-order valence-corrected chi connectivity index (χ0v) is 10.1. The largest absolute Gasteiger partial charge is 0.385 e. The van der Waals surface area contributed by atoms with Crippen LogP contribution in [-0.2, 0) is 0 Å². The number of benzene rings is 1. The lowest BCUT2D eigenvalue weighted by molar-refractivity contribution is -0.384. The molecule has 1 saturated carbocycles. The lowest BCUT2D eigenvalue weighted by atomic mass is 10.1. The van der Waals surface area contributed by atoms with Crippen molar-refractivity contribution in [3.8, 4) is 0 Å². The van der Waals surface area contributed by atoms with Gasteiger partial charge in [-0.15, -0.1) is 0 Å². The molecule has 0 aliphatic heterocycles. The Hall–Kier alpha value is -1.58. The molecule has 0 aromatic heterocycles. The second kappa shape index (κ2) is 5.17. The van der Waals surface area contributed by atoms with Crippen LogP contribution in [0.3, 0.4) is 0 Å². The van der Waals surface area contributed by atoms with Crippen molar-refractivity contribution < 1.29 is 4.92 Å². The summed E-state index contributed by atoms with van der Waals surface area (Å²) in [6.07, 6.45) is 5.28. The van der Waals surface area contributed by atoms with Gasteiger partial charge in [0.15, 0.2) is 0 Å². The molecule has 0 amide bonds. The number of aryl methyl sites for hydroxylation is 1. The fourth-order valence-corrected chi connectivity index (χ4v) is 1.98. The Morgan fingerprint density at radius 2 is 2.24 bits per heavy atom. The van der Waals surface area contributed by atoms with Crippen molar-refractivity contribution in [1.82, 2.24) is 0 Å². The first-order chi connectivity index (χ1) is 8.16. The zero-order valence-electron chi connectivity index (χ0n) is 10.1. The first-order valence-corrected chi connectivity index (χ1v) is 6.16. The van der Waals surface area contributed by atoms with Gasteiger partial charge in [-0.25, -0.2) is 0 Å². The third-order valence-electron chi connectivity index (χ3n) is 3.22. The van der Waals surface area contributed by atoms with Gasteiger partial charge in [-0.1, -0.05) is 12.8 Å². The van der Waals surface area contributed by atoms with Crippen LogP contribution in [0.1, 0.15) is 31.2 Å². The number of rotatable bonds is 6. The average molecular weight is 234 g/mol. The molecule has 4 nitrogen and oxygen atoms in total. The van der Waals surface area contributed by atoms with Crippen molar-refractivity contribution in [1.29, 1.82) is 0 Å². The van der Waals surface area contributed by atoms with Gasteiger partial charge in [-0.05, 0) is 37.3 Å². The lowest BCUT2D eigenvalue weighted by Gasteiger charge is -2.08. The van der Waals surface area contributed by atoms with Crippen LogP contribution in [0.15, 0.2) is 18.2 Å². The molecule has 0 radical (unpaired) electrons. The van der Waals surface area contributed by atoms with Gasteiger partial charge in [0.1, 0.15) is 0 Å². The first-order valence-electron chi connectivity index (χ1n) is 6.16. The number of nitro benzene ring substituents is 1. The highest BCUT2D eigenvalue weighted by molar-refractivity contribution is 5.55. The van der Waals surface area contributed by atoms with Crippen molar-refractivity contribution in [2.45, 2.75) is 32.6 Å². The molecule has 92 valence electrons. The van der Waals surface area contributed by atoms with Gasteiger partial charge in [0, 0.05) is 24.4 Å². The maximum absolute atomic E-state index is 10.6. The van der Waals surface area contributed by atoms with E-state index in [4.69, 9.17) is 0 Å². The molecule has 0 heterocycles. The number of hydrogen-bond acceptors (Lipinski definition) is 3. The fourth-order valence-electron chi connectivity index (χ4n) is 1.98. The first kappa shape index (κ1) is 11.9. The molecule has 0 bridgehead atoms. The Bertz CT molecular complexity index is 414. The average Bonchev–Trinajstić information content (AvgIpc) is 3.09. The van der Waals surface area contributed by atoms with Crippen molar-refractivity contribution >= 4 is 11.4 Å². The molecule has 4 heteroatoms. The van der Waals surface area contributed by atoms with Crippen molar-refractivity contribution in [3.05, 3.63) is 33.9 Å². The predicted octanol–water partition coefficient (Wildman–Crippen LogP) is 3.51. The molecule has 17 heavy (non-hydrogen) atoms. The minimum atomic E-state index is -0.357. The summed E-state index contributed by atoms with van der Waals surface area (Å²) in [6, 6.07) is 4.96. The SMILES string of the molecule is Cc1cc([N+](=O)[O-])ccc1NCCCC1CC1. The third kappa shape index (κ3) is 3.44. The number of nitrogens with zero attached hydrogens (tertiary/aromatic N) is 1. The summed E-state index contributed by atoms with van der Waals surface area (Å²) >= 11 is 0. The molecule has 0 saturated heterocycles. The van der Waals surface area contributed by atoms with Crippen LogP contribution in [0.2, 0.25) is 0 Å². The van der Waals surface area contributed by atoms with Crippen molar-refractivity contribution in [2.75, 3.05) is 11.9 Å². The Morgan fingerprint density at radius 3 is 2.82 bits per heavy atom. The topological polar surface area (TPSA) is 55.2 Å². The molecule has 1 N–H and O–H groups in total. The van der Waals surface area contributed by atoms with Crippen molar-refractivity contribution in [2.24, 2.45) is 5.92 Å². The van der Waals surface area contributed by atoms with E-state index in [1.807, 2.05) is 6.92 Å². The molecule has 1 aromatic carbocycles. The van der Waals surface area contributed by atoms with Crippen LogP contribution in [0.25, 0.3) is 0 Å². The minimum Gasteiger partial charge on any atom is -0.385 e. The van der Waals surface area contributed by atoms with Gasteiger partial charge in [-0.3, -0.25) is 10.1 Å². The standard InChI is InChI=1S/C13H18N2O2/c1-10-9-12(15(16)17)6-7-13(10)14-8-2-3-11-4-5-11/h6-7,9,11,14H,2-5,8H2,1H3. The van der Waals surface area contributed by atoms with Gasteiger partial charge < -0.3 is 5.32 Å². The number of non-ortho nitro benzene ring substituents is 1. The van der Waals surface area contributed by atoms with Gasteiger partial charge in [0.25, 0.3) is 5.69 Å². The second-order valence-corrected chi connectivity index (χ2v) is 4.77. The summed E-state index contributed by atoms with van der Waals surface area (Å²) in [5, 5.41) is 13.9. The summed E-state index contributed by atoms with van der Waals surface area (Å²) < 4.78 is 0. The van der Waals surface area contributed by atoms with Gasteiger partial charge in [0.2, 0.25) is 0 Å². The third-order valence-corrected chi connectivity index (χ3v) is 3.22. The quantitative estimate of drug-likeness (QED) is 0.465. The normalized spacial score (nSPS) is 14.6. The number of nitro groups is 1. The van der Waals surface area contributed by atoms with Crippen LogP contribution in [0, 0.1) is 23.0 Å². The smallest absolute Gasteiger partial charge is 0.269 e. The Labute approximate surface area is 101 Å². The highest BCUT2D eigenvalue weighted by Gasteiger charge is 2.19. The molecule has 0 atom stereocenters. The van der Waals surface area contributed by atoms with E-state index in [1.54, 1.807) is 18.2 Å². The molecule has 0 spiro atoms. The van der Waals surface area contributed by atoms with E-state index in [9.17, 15) is 10.1 Å². The van der Waals surface area contributed by atoms with Crippen LogP contribution in [0.4, 0.5) is 11.4 Å². The van der Waals surface area contributed by atoms with Gasteiger partial charge in [-0.2, -0.15) is 0 Å². The second-order valence-electron chi connectivity index (χ2n) is 4.77. The van der Waals surface area contributed by atoms with Gasteiger partial charge >= 0.3 is 0 Å². The summed E-state index contributed by atoms with van der Waals surface area (Å²) in [4.78, 5) is 10.2. The van der Waals surface area contributed by atoms with E-state index in [2.05, 4.69) is 5.32 Å². The number of nitrogens with one attached hydrogen (secondary N) is 1. The molecule has 1 aliphatic carbocycles. The Balaban J connectivity index is 1.84. The van der Waals surface area contributed by atoms with Crippen LogP contribution >= 0.6 is 0 Å². The summed E-state index contributed by atoms with van der Waals surface area (Å²) in [5.74, 6) is 0.967. The van der Waals surface area contributed by atoms with E-state index in [0.717, 1.165) is 23.7 Å². The molecular formula is C13H18N2O2. The number of anilines is 1. The van der Waals surface area contributed by atoms with Crippen LogP contribution in [0.5, 0.6) is 0 Å². The predicted molar refractivity (Wildman–Crippen MR) is 68.3 cm³/mol. The number of hydrogen-bond donors (Lipinski definition) is 1. The fraction of sp³-hybridized carbons (Fsp3) is 0.538. The summed E-state index contributed by atoms with van der Waals surface area (Å²) in [6.45, 7) is 2.85. The summed E-state index contributed by atoms with van der Waals surface area (Å²) in [7, 11) is 0.